The number of likely N-dealkylation sites (tertiary alicyclic amines) is 1. The molecule has 2 rings (SSSR count). The van der Waals surface area contributed by atoms with Gasteiger partial charge in [-0.1, -0.05) is 0 Å². The maximum Gasteiger partial charge on any atom is 0.410 e. The Kier molecular flexibility index (Phi) is 5.79. The molecule has 1 amide bonds. The fourth-order valence-corrected chi connectivity index (χ4v) is 3.33. The van der Waals surface area contributed by atoms with Crippen LogP contribution in [0.15, 0.2) is 0 Å². The van der Waals surface area contributed by atoms with Gasteiger partial charge in [0.15, 0.2) is 0 Å². The number of rotatable bonds is 4. The van der Waals surface area contributed by atoms with Gasteiger partial charge in [0.25, 0.3) is 0 Å². The molecule has 120 valence electrons. The average Bonchev–Trinajstić information content (AvgIpc) is 2.86. The van der Waals surface area contributed by atoms with Crippen LogP contribution < -0.4 is 0 Å². The summed E-state index contributed by atoms with van der Waals surface area (Å²) in [4.78, 5) is 25.4. The van der Waals surface area contributed by atoms with E-state index in [0.717, 1.165) is 38.5 Å². The lowest BCUT2D eigenvalue weighted by atomic mass is 9.94. The molecule has 0 N–H and O–H groups in total. The number of carbonyl (C=O) groups excluding carboxylic acids is 2. The third-order valence-corrected chi connectivity index (χ3v) is 4.68. The third-order valence-electron chi connectivity index (χ3n) is 4.55. The topological polar surface area (TPSA) is 55.8 Å². The van der Waals surface area contributed by atoms with Crippen LogP contribution in [-0.2, 0) is 14.3 Å². The van der Waals surface area contributed by atoms with Crippen LogP contribution >= 0.6 is 12.6 Å². The van der Waals surface area contributed by atoms with Crippen molar-refractivity contribution >= 4 is 24.7 Å². The molecule has 1 aliphatic heterocycles. The van der Waals surface area contributed by atoms with Crippen molar-refractivity contribution in [2.75, 3.05) is 19.0 Å². The van der Waals surface area contributed by atoms with Gasteiger partial charge in [-0.15, -0.1) is 12.6 Å². The number of hydrogen-bond donors (Lipinski definition) is 1. The first-order chi connectivity index (χ1) is 10.0. The molecule has 0 radical (unpaired) electrons. The molecule has 5 nitrogen and oxygen atoms in total. The lowest BCUT2D eigenvalue weighted by molar-refractivity contribution is -0.142. The van der Waals surface area contributed by atoms with E-state index in [2.05, 4.69) is 12.6 Å². The van der Waals surface area contributed by atoms with E-state index in [0.29, 0.717) is 25.4 Å². The van der Waals surface area contributed by atoms with Crippen LogP contribution in [0.3, 0.4) is 0 Å². The summed E-state index contributed by atoms with van der Waals surface area (Å²) in [6.07, 6.45) is 6.08. The van der Waals surface area contributed by atoms with Crippen LogP contribution in [0.1, 0.15) is 51.9 Å². The fraction of sp³-hybridized carbons (Fsp3) is 0.867. The molecule has 1 aliphatic carbocycles. The Morgan fingerprint density at radius 3 is 2.43 bits per heavy atom. The monoisotopic (exact) mass is 315 g/mol. The summed E-state index contributed by atoms with van der Waals surface area (Å²) in [6.45, 7) is 3.35. The normalized spacial score (nSPS) is 22.1. The number of piperidine rings is 1. The summed E-state index contributed by atoms with van der Waals surface area (Å²) in [6, 6.07) is 0. The molecular weight excluding hydrogens is 290 g/mol. The average molecular weight is 315 g/mol. The summed E-state index contributed by atoms with van der Waals surface area (Å²) in [5, 5.41) is 0. The van der Waals surface area contributed by atoms with Crippen molar-refractivity contribution in [2.45, 2.75) is 57.5 Å². The maximum atomic E-state index is 12.2. The zero-order chi connectivity index (χ0) is 15.3. The lowest BCUT2D eigenvalue weighted by Crippen LogP contribution is -2.42. The van der Waals surface area contributed by atoms with Gasteiger partial charge in [0.05, 0.1) is 0 Å². The Morgan fingerprint density at radius 1 is 1.24 bits per heavy atom. The minimum Gasteiger partial charge on any atom is -0.455 e. The van der Waals surface area contributed by atoms with Crippen molar-refractivity contribution in [3.05, 3.63) is 0 Å². The van der Waals surface area contributed by atoms with Crippen molar-refractivity contribution in [3.63, 3.8) is 0 Å². The molecule has 6 heteroatoms. The van der Waals surface area contributed by atoms with Gasteiger partial charge in [-0.05, 0) is 51.4 Å². The molecule has 1 saturated heterocycles. The second-order valence-electron chi connectivity index (χ2n) is 6.30. The summed E-state index contributed by atoms with van der Waals surface area (Å²) >= 11 is 3.87. The highest BCUT2D eigenvalue weighted by Gasteiger charge is 2.35. The minimum atomic E-state index is -0.274. The summed E-state index contributed by atoms with van der Waals surface area (Å²) in [5.41, 5.74) is -0.274. The highest BCUT2D eigenvalue weighted by molar-refractivity contribution is 7.80. The highest BCUT2D eigenvalue weighted by atomic mass is 32.1. The fourth-order valence-electron chi connectivity index (χ4n) is 3.19. The first-order valence-corrected chi connectivity index (χ1v) is 8.40. The van der Waals surface area contributed by atoms with E-state index in [1.54, 1.807) is 4.90 Å². The number of nitrogens with zero attached hydrogens (tertiary/aromatic N) is 1. The Balaban J connectivity index is 1.73. The molecule has 0 aromatic carbocycles. The molecule has 2 fully saturated rings. The van der Waals surface area contributed by atoms with Crippen molar-refractivity contribution in [1.82, 2.24) is 4.90 Å². The van der Waals surface area contributed by atoms with E-state index in [1.807, 2.05) is 6.92 Å². The summed E-state index contributed by atoms with van der Waals surface area (Å²) in [7, 11) is 0. The zero-order valence-corrected chi connectivity index (χ0v) is 13.6. The largest absolute Gasteiger partial charge is 0.455 e. The van der Waals surface area contributed by atoms with Crippen molar-refractivity contribution < 1.29 is 19.1 Å². The third kappa shape index (κ3) is 4.80. The second-order valence-corrected chi connectivity index (χ2v) is 6.56. The molecule has 0 aromatic rings. The van der Waals surface area contributed by atoms with Crippen LogP contribution in [0.4, 0.5) is 4.79 Å². The smallest absolute Gasteiger partial charge is 0.410 e. The van der Waals surface area contributed by atoms with Gasteiger partial charge in [0, 0.05) is 19.5 Å². The second kappa shape index (κ2) is 7.38. The van der Waals surface area contributed by atoms with Crippen LogP contribution in [0, 0.1) is 5.92 Å². The number of thiol groups is 1. The molecule has 0 unspecified atom stereocenters. The van der Waals surface area contributed by atoms with Crippen LogP contribution in [0.5, 0.6) is 0 Å². The quantitative estimate of drug-likeness (QED) is 0.492. The van der Waals surface area contributed by atoms with Gasteiger partial charge in [0.1, 0.15) is 11.5 Å². The van der Waals surface area contributed by atoms with E-state index in [1.165, 1.54) is 0 Å². The van der Waals surface area contributed by atoms with E-state index in [4.69, 9.17) is 9.47 Å². The zero-order valence-electron chi connectivity index (χ0n) is 12.7. The molecule has 1 heterocycles. The van der Waals surface area contributed by atoms with E-state index in [-0.39, 0.29) is 23.6 Å². The molecule has 0 atom stereocenters. The Hall–Kier alpha value is -0.910. The number of esters is 1. The molecule has 0 bridgehead atoms. The van der Waals surface area contributed by atoms with E-state index < -0.39 is 0 Å². The molecule has 1 saturated carbocycles. The van der Waals surface area contributed by atoms with Gasteiger partial charge in [-0.25, -0.2) is 4.79 Å². The Bertz CT molecular complexity index is 374. The number of amides is 1. The van der Waals surface area contributed by atoms with E-state index >= 15 is 0 Å². The number of carbonyl (C=O) groups is 2. The highest BCUT2D eigenvalue weighted by Crippen LogP contribution is 2.33. The van der Waals surface area contributed by atoms with Crippen molar-refractivity contribution in [2.24, 2.45) is 5.92 Å². The van der Waals surface area contributed by atoms with Crippen LogP contribution in [0.25, 0.3) is 0 Å². The Labute approximate surface area is 131 Å². The first-order valence-electron chi connectivity index (χ1n) is 7.77. The summed E-state index contributed by atoms with van der Waals surface area (Å²) in [5.74, 6) is 0.218. The standard InChI is InChI=1S/C15H25NO4S/c1-15(6-2-3-7-15)20-14(18)16-8-4-12(5-9-16)10-13(17)19-11-21/h12,21H,2-11H2,1H3. The van der Waals surface area contributed by atoms with Gasteiger partial charge >= 0.3 is 12.1 Å². The van der Waals surface area contributed by atoms with Gasteiger partial charge in [0.2, 0.25) is 0 Å². The number of hydrogen-bond acceptors (Lipinski definition) is 5. The lowest BCUT2D eigenvalue weighted by Gasteiger charge is -2.34. The molecule has 21 heavy (non-hydrogen) atoms. The summed E-state index contributed by atoms with van der Waals surface area (Å²) < 4.78 is 10.5. The maximum absolute atomic E-state index is 12.2. The van der Waals surface area contributed by atoms with Crippen molar-refractivity contribution in [3.8, 4) is 0 Å². The van der Waals surface area contributed by atoms with Gasteiger partial charge < -0.3 is 14.4 Å². The molecular formula is C15H25NO4S. The predicted molar refractivity (Wildman–Crippen MR) is 82.2 cm³/mol. The SMILES string of the molecule is CC1(OC(=O)N2CCC(CC(=O)OCS)CC2)CCCC1. The minimum absolute atomic E-state index is 0.128. The van der Waals surface area contributed by atoms with E-state index in [9.17, 15) is 9.59 Å². The first kappa shape index (κ1) is 16.5. The molecule has 0 aromatic heterocycles. The molecule has 2 aliphatic rings. The van der Waals surface area contributed by atoms with Crippen molar-refractivity contribution in [1.29, 1.82) is 0 Å². The van der Waals surface area contributed by atoms with Gasteiger partial charge in [-0.2, -0.15) is 0 Å². The van der Waals surface area contributed by atoms with Gasteiger partial charge in [-0.3, -0.25) is 4.79 Å². The van der Waals surface area contributed by atoms with Crippen LogP contribution in [0.2, 0.25) is 0 Å². The number of ether oxygens (including phenoxy) is 2. The van der Waals surface area contributed by atoms with Crippen LogP contribution in [-0.4, -0.2) is 41.6 Å². The predicted octanol–water partition coefficient (Wildman–Crippen LogP) is 2.99. The Morgan fingerprint density at radius 2 is 1.86 bits per heavy atom. The molecule has 0 spiro atoms.